The van der Waals surface area contributed by atoms with E-state index in [9.17, 15) is 0 Å². The second kappa shape index (κ2) is 3.58. The molecule has 88 valence electrons. The lowest BCUT2D eigenvalue weighted by atomic mass is 9.95. The summed E-state index contributed by atoms with van der Waals surface area (Å²) in [6.45, 7) is 2.17. The molecule has 0 radical (unpaired) electrons. The highest BCUT2D eigenvalue weighted by Crippen LogP contribution is 2.34. The zero-order valence-electron chi connectivity index (χ0n) is 10.7. The third-order valence-corrected chi connectivity index (χ3v) is 4.26. The minimum Gasteiger partial charge on any atom is -0.0587 e. The number of fused-ring (bicyclic) bond motifs is 5. The Hall–Kier alpha value is -1.82. The summed E-state index contributed by atoms with van der Waals surface area (Å²) < 4.78 is 0. The highest BCUT2D eigenvalue weighted by molar-refractivity contribution is 6.09. The molecule has 0 unspecified atom stereocenters. The molecule has 0 fully saturated rings. The Balaban J connectivity index is 2.20. The molecule has 3 aromatic rings. The minimum absolute atomic E-state index is 1.25. The summed E-state index contributed by atoms with van der Waals surface area (Å²) in [5, 5.41) is 5.66. The molecule has 0 nitrogen and oxygen atoms in total. The van der Waals surface area contributed by atoms with E-state index >= 15 is 0 Å². The van der Waals surface area contributed by atoms with E-state index in [-0.39, 0.29) is 0 Å². The zero-order valence-corrected chi connectivity index (χ0v) is 10.7. The van der Waals surface area contributed by atoms with Crippen LogP contribution in [-0.2, 0) is 12.8 Å². The van der Waals surface area contributed by atoms with Crippen molar-refractivity contribution in [1.29, 1.82) is 0 Å². The molecule has 1 aliphatic rings. The van der Waals surface area contributed by atoms with Crippen molar-refractivity contribution in [2.45, 2.75) is 26.2 Å². The van der Waals surface area contributed by atoms with E-state index in [1.165, 1.54) is 46.4 Å². The van der Waals surface area contributed by atoms with Crippen molar-refractivity contribution in [2.75, 3.05) is 0 Å². The van der Waals surface area contributed by atoms with E-state index < -0.39 is 0 Å². The number of benzene rings is 3. The largest absolute Gasteiger partial charge is 0.0587 e. The first kappa shape index (κ1) is 10.1. The molecular formula is C18H16. The van der Waals surface area contributed by atoms with E-state index in [1.807, 2.05) is 0 Å². The van der Waals surface area contributed by atoms with Crippen LogP contribution in [0.5, 0.6) is 0 Å². The van der Waals surface area contributed by atoms with Gasteiger partial charge < -0.3 is 0 Å². The van der Waals surface area contributed by atoms with E-state index in [4.69, 9.17) is 0 Å². The van der Waals surface area contributed by atoms with E-state index in [1.54, 1.807) is 11.1 Å². The predicted molar refractivity (Wildman–Crippen MR) is 78.2 cm³/mol. The van der Waals surface area contributed by atoms with E-state index in [2.05, 4.69) is 49.4 Å². The first-order valence-corrected chi connectivity index (χ1v) is 6.77. The highest BCUT2D eigenvalue weighted by atomic mass is 14.2. The molecule has 0 heteroatoms. The zero-order chi connectivity index (χ0) is 12.1. The van der Waals surface area contributed by atoms with Gasteiger partial charge in [-0.3, -0.25) is 0 Å². The Labute approximate surface area is 107 Å². The third-order valence-electron chi connectivity index (χ3n) is 4.26. The van der Waals surface area contributed by atoms with Crippen LogP contribution in [0.1, 0.15) is 23.1 Å². The molecule has 4 rings (SSSR count). The van der Waals surface area contributed by atoms with Gasteiger partial charge in [-0.2, -0.15) is 0 Å². The molecule has 0 saturated carbocycles. The smallest absolute Gasteiger partial charge is 0.0102 e. The van der Waals surface area contributed by atoms with E-state index in [0.29, 0.717) is 0 Å². The van der Waals surface area contributed by atoms with Crippen LogP contribution in [0.2, 0.25) is 0 Å². The van der Waals surface area contributed by atoms with E-state index in [0.717, 1.165) is 0 Å². The van der Waals surface area contributed by atoms with Crippen molar-refractivity contribution < 1.29 is 0 Å². The Kier molecular flexibility index (Phi) is 2.02. The molecule has 0 atom stereocenters. The van der Waals surface area contributed by atoms with Crippen LogP contribution in [0.25, 0.3) is 21.5 Å². The fourth-order valence-corrected chi connectivity index (χ4v) is 3.34. The van der Waals surface area contributed by atoms with Crippen LogP contribution in [0.3, 0.4) is 0 Å². The first-order chi connectivity index (χ1) is 8.83. The summed E-state index contributed by atoms with van der Waals surface area (Å²) in [7, 11) is 0. The summed E-state index contributed by atoms with van der Waals surface area (Å²) in [6.07, 6.45) is 3.83. The van der Waals surface area contributed by atoms with Gasteiger partial charge in [-0.1, -0.05) is 48.0 Å². The standard InChI is InChI=1S/C18H16/c1-12-5-6-14-8-9-16-15-4-2-3-13(15)7-10-17(16)18(14)11-12/h5-11H,2-4H2,1H3. The first-order valence-electron chi connectivity index (χ1n) is 6.77. The highest BCUT2D eigenvalue weighted by Gasteiger charge is 2.14. The number of hydrogen-bond donors (Lipinski definition) is 0. The molecule has 0 bridgehead atoms. The van der Waals surface area contributed by atoms with Crippen LogP contribution in [0, 0.1) is 6.92 Å². The quantitative estimate of drug-likeness (QED) is 0.489. The van der Waals surface area contributed by atoms with Crippen molar-refractivity contribution in [3.8, 4) is 0 Å². The normalized spacial score (nSPS) is 14.3. The average Bonchev–Trinajstić information content (AvgIpc) is 2.86. The molecule has 0 saturated heterocycles. The minimum atomic E-state index is 1.25. The van der Waals surface area contributed by atoms with Crippen molar-refractivity contribution in [3.63, 3.8) is 0 Å². The maximum atomic E-state index is 2.34. The van der Waals surface area contributed by atoms with Crippen LogP contribution >= 0.6 is 0 Å². The van der Waals surface area contributed by atoms with Gasteiger partial charge in [-0.15, -0.1) is 0 Å². The second-order valence-corrected chi connectivity index (χ2v) is 5.44. The van der Waals surface area contributed by atoms with Crippen molar-refractivity contribution in [1.82, 2.24) is 0 Å². The second-order valence-electron chi connectivity index (χ2n) is 5.44. The Bertz CT molecular complexity index is 766. The van der Waals surface area contributed by atoms with Crippen LogP contribution in [0.4, 0.5) is 0 Å². The summed E-state index contributed by atoms with van der Waals surface area (Å²) >= 11 is 0. The lowest BCUT2D eigenvalue weighted by Gasteiger charge is -2.09. The van der Waals surface area contributed by atoms with Gasteiger partial charge in [0.05, 0.1) is 0 Å². The maximum absolute atomic E-state index is 2.34. The van der Waals surface area contributed by atoms with Gasteiger partial charge in [0.25, 0.3) is 0 Å². The molecule has 0 spiro atoms. The fraction of sp³-hybridized carbons (Fsp3) is 0.222. The van der Waals surface area contributed by atoms with Crippen molar-refractivity contribution in [2.24, 2.45) is 0 Å². The topological polar surface area (TPSA) is 0 Å². The summed E-state index contributed by atoms with van der Waals surface area (Å²) in [6, 6.07) is 16.0. The van der Waals surface area contributed by atoms with Gasteiger partial charge in [-0.25, -0.2) is 0 Å². The SMILES string of the molecule is Cc1ccc2ccc3c4c(ccc3c2c1)CCC4. The Morgan fingerprint density at radius 1 is 0.778 bits per heavy atom. The predicted octanol–water partition coefficient (Wildman–Crippen LogP) is 4.79. The number of hydrogen-bond acceptors (Lipinski definition) is 0. The lowest BCUT2D eigenvalue weighted by Crippen LogP contribution is -1.86. The molecule has 18 heavy (non-hydrogen) atoms. The fourth-order valence-electron chi connectivity index (χ4n) is 3.34. The molecular weight excluding hydrogens is 216 g/mol. The molecule has 0 amide bonds. The molecule has 0 N–H and O–H groups in total. The van der Waals surface area contributed by atoms with Gasteiger partial charge in [0.15, 0.2) is 0 Å². The number of rotatable bonds is 0. The summed E-state index contributed by atoms with van der Waals surface area (Å²) in [5.74, 6) is 0. The van der Waals surface area contributed by atoms with Gasteiger partial charge in [0.2, 0.25) is 0 Å². The Morgan fingerprint density at radius 3 is 2.56 bits per heavy atom. The molecule has 0 aliphatic heterocycles. The molecule has 3 aromatic carbocycles. The lowest BCUT2D eigenvalue weighted by molar-refractivity contribution is 0.913. The molecule has 0 heterocycles. The van der Waals surface area contributed by atoms with Gasteiger partial charge in [-0.05, 0) is 58.9 Å². The average molecular weight is 232 g/mol. The Morgan fingerprint density at radius 2 is 1.61 bits per heavy atom. The number of aryl methyl sites for hydroxylation is 3. The summed E-state index contributed by atoms with van der Waals surface area (Å²) in [5.41, 5.74) is 4.50. The van der Waals surface area contributed by atoms with Gasteiger partial charge in [0, 0.05) is 0 Å². The van der Waals surface area contributed by atoms with Gasteiger partial charge >= 0.3 is 0 Å². The molecule has 1 aliphatic carbocycles. The molecule has 0 aromatic heterocycles. The van der Waals surface area contributed by atoms with Crippen LogP contribution in [-0.4, -0.2) is 0 Å². The summed E-state index contributed by atoms with van der Waals surface area (Å²) in [4.78, 5) is 0. The van der Waals surface area contributed by atoms with Crippen molar-refractivity contribution in [3.05, 3.63) is 59.2 Å². The van der Waals surface area contributed by atoms with Crippen LogP contribution in [0.15, 0.2) is 42.5 Å². The van der Waals surface area contributed by atoms with Gasteiger partial charge in [0.1, 0.15) is 0 Å². The maximum Gasteiger partial charge on any atom is -0.0102 e. The van der Waals surface area contributed by atoms with Crippen molar-refractivity contribution >= 4 is 21.5 Å². The monoisotopic (exact) mass is 232 g/mol. The third kappa shape index (κ3) is 1.32. The van der Waals surface area contributed by atoms with Crippen LogP contribution < -0.4 is 0 Å².